The molecule has 0 radical (unpaired) electrons. The molecule has 0 bridgehead atoms. The molecule has 1 aliphatic carbocycles. The molecule has 4 aliphatic rings. The molecule has 0 spiro atoms. The summed E-state index contributed by atoms with van der Waals surface area (Å²) in [6.07, 6.45) is 12.2. The summed E-state index contributed by atoms with van der Waals surface area (Å²) in [5, 5.41) is 0. The van der Waals surface area contributed by atoms with E-state index in [-0.39, 0.29) is 0 Å². The van der Waals surface area contributed by atoms with Crippen molar-refractivity contribution in [2.75, 3.05) is 58.9 Å². The first-order valence-corrected chi connectivity index (χ1v) is 11.3. The van der Waals surface area contributed by atoms with E-state index in [0.717, 1.165) is 51.4 Å². The average molecular weight is 363 g/mol. The summed E-state index contributed by atoms with van der Waals surface area (Å²) in [5.41, 5.74) is 0. The lowest BCUT2D eigenvalue weighted by Crippen LogP contribution is -2.54. The fraction of sp³-hybridized carbons (Fsp3) is 0.952. The number of likely N-dealkylation sites (tertiary alicyclic amines) is 2. The lowest BCUT2D eigenvalue weighted by molar-refractivity contribution is -0.134. The normalized spacial score (nSPS) is 28.7. The highest BCUT2D eigenvalue weighted by molar-refractivity contribution is 5.78. The summed E-state index contributed by atoms with van der Waals surface area (Å²) in [5.74, 6) is 0.368. The molecular formula is C21H38N4O. The third kappa shape index (κ3) is 4.60. The van der Waals surface area contributed by atoms with Crippen molar-refractivity contribution < 1.29 is 4.79 Å². The maximum atomic E-state index is 12.7. The first kappa shape index (κ1) is 18.7. The summed E-state index contributed by atoms with van der Waals surface area (Å²) in [7, 11) is 0. The third-order valence-electron chi connectivity index (χ3n) is 7.33. The van der Waals surface area contributed by atoms with Crippen molar-refractivity contribution >= 4 is 5.91 Å². The van der Waals surface area contributed by atoms with Crippen LogP contribution in [0.25, 0.3) is 0 Å². The number of carbonyl (C=O) groups excluding carboxylic acids is 1. The van der Waals surface area contributed by atoms with Gasteiger partial charge in [-0.3, -0.25) is 14.6 Å². The van der Waals surface area contributed by atoms with Crippen molar-refractivity contribution in [2.24, 2.45) is 0 Å². The largest absolute Gasteiger partial charge is 0.339 e. The molecule has 3 saturated heterocycles. The topological polar surface area (TPSA) is 30.0 Å². The number of hydrogen-bond acceptors (Lipinski definition) is 4. The molecule has 0 N–H and O–H groups in total. The van der Waals surface area contributed by atoms with Gasteiger partial charge in [0.05, 0.1) is 6.54 Å². The highest BCUT2D eigenvalue weighted by atomic mass is 16.2. The van der Waals surface area contributed by atoms with Gasteiger partial charge in [0.15, 0.2) is 0 Å². The number of rotatable bonds is 4. The maximum absolute atomic E-state index is 12.7. The Bertz CT molecular complexity index is 443. The van der Waals surface area contributed by atoms with E-state index in [1.54, 1.807) is 0 Å². The Morgan fingerprint density at radius 1 is 0.615 bits per heavy atom. The summed E-state index contributed by atoms with van der Waals surface area (Å²) < 4.78 is 0. The molecule has 1 saturated carbocycles. The Kier molecular flexibility index (Phi) is 6.49. The van der Waals surface area contributed by atoms with E-state index in [4.69, 9.17) is 0 Å². The van der Waals surface area contributed by atoms with Gasteiger partial charge in [-0.1, -0.05) is 19.3 Å². The SMILES string of the molecule is O=C(CN1CCC(N2CCCCC2)CC1)N1CCN(C2CCCC2)CC1. The predicted molar refractivity (Wildman–Crippen MR) is 105 cm³/mol. The van der Waals surface area contributed by atoms with Crippen molar-refractivity contribution in [2.45, 2.75) is 69.9 Å². The van der Waals surface area contributed by atoms with Crippen LogP contribution in [0.3, 0.4) is 0 Å². The smallest absolute Gasteiger partial charge is 0.236 e. The molecule has 148 valence electrons. The van der Waals surface area contributed by atoms with Crippen LogP contribution in [0.1, 0.15) is 57.8 Å². The second kappa shape index (κ2) is 9.03. The highest BCUT2D eigenvalue weighted by Gasteiger charge is 2.30. The van der Waals surface area contributed by atoms with Crippen LogP contribution in [-0.2, 0) is 4.79 Å². The zero-order valence-electron chi connectivity index (χ0n) is 16.6. The highest BCUT2D eigenvalue weighted by Crippen LogP contribution is 2.24. The van der Waals surface area contributed by atoms with Crippen LogP contribution >= 0.6 is 0 Å². The average Bonchev–Trinajstić information content (AvgIpc) is 3.24. The van der Waals surface area contributed by atoms with Gasteiger partial charge in [0.1, 0.15) is 0 Å². The van der Waals surface area contributed by atoms with Gasteiger partial charge in [-0.15, -0.1) is 0 Å². The molecule has 0 aromatic carbocycles. The van der Waals surface area contributed by atoms with Crippen molar-refractivity contribution in [1.82, 2.24) is 19.6 Å². The minimum absolute atomic E-state index is 0.368. The standard InChI is InChI=1S/C21H38N4O/c26-21(25-16-14-24(15-17-25)19-6-2-3-7-19)18-22-12-8-20(9-13-22)23-10-4-1-5-11-23/h19-20H,1-18H2. The fourth-order valence-electron chi connectivity index (χ4n) is 5.62. The molecule has 1 amide bonds. The summed E-state index contributed by atoms with van der Waals surface area (Å²) in [4.78, 5) is 22.6. The molecule has 0 atom stereocenters. The fourth-order valence-corrected chi connectivity index (χ4v) is 5.62. The van der Waals surface area contributed by atoms with Gasteiger partial charge in [-0.25, -0.2) is 0 Å². The molecule has 26 heavy (non-hydrogen) atoms. The van der Waals surface area contributed by atoms with Crippen molar-refractivity contribution in [3.63, 3.8) is 0 Å². The molecule has 0 aromatic rings. The van der Waals surface area contributed by atoms with Gasteiger partial charge in [0.25, 0.3) is 0 Å². The first-order chi connectivity index (χ1) is 12.8. The molecular weight excluding hydrogens is 324 g/mol. The van der Waals surface area contributed by atoms with E-state index < -0.39 is 0 Å². The minimum atomic E-state index is 0.368. The van der Waals surface area contributed by atoms with Crippen molar-refractivity contribution in [3.05, 3.63) is 0 Å². The molecule has 0 aromatic heterocycles. The van der Waals surface area contributed by atoms with Gasteiger partial charge in [-0.05, 0) is 51.6 Å². The summed E-state index contributed by atoms with van der Waals surface area (Å²) in [6.45, 7) is 9.53. The van der Waals surface area contributed by atoms with E-state index >= 15 is 0 Å². The lowest BCUT2D eigenvalue weighted by Gasteiger charge is -2.41. The maximum Gasteiger partial charge on any atom is 0.236 e. The summed E-state index contributed by atoms with van der Waals surface area (Å²) >= 11 is 0. The molecule has 0 unspecified atom stereocenters. The molecule has 3 aliphatic heterocycles. The lowest BCUT2D eigenvalue weighted by atomic mass is 10.00. The molecule has 5 heteroatoms. The van der Waals surface area contributed by atoms with Crippen LogP contribution in [0.5, 0.6) is 0 Å². The second-order valence-corrected chi connectivity index (χ2v) is 8.96. The Morgan fingerprint density at radius 3 is 1.85 bits per heavy atom. The van der Waals surface area contributed by atoms with Gasteiger partial charge in [0, 0.05) is 51.4 Å². The van der Waals surface area contributed by atoms with Gasteiger partial charge < -0.3 is 9.80 Å². The quantitative estimate of drug-likeness (QED) is 0.765. The Morgan fingerprint density at radius 2 is 1.19 bits per heavy atom. The van der Waals surface area contributed by atoms with E-state index in [2.05, 4.69) is 19.6 Å². The first-order valence-electron chi connectivity index (χ1n) is 11.3. The molecule has 4 fully saturated rings. The molecule has 3 heterocycles. The van der Waals surface area contributed by atoms with Crippen molar-refractivity contribution in [1.29, 1.82) is 0 Å². The molecule has 5 nitrogen and oxygen atoms in total. The molecule has 4 rings (SSSR count). The van der Waals surface area contributed by atoms with Crippen LogP contribution in [-0.4, -0.2) is 96.5 Å². The van der Waals surface area contributed by atoms with Gasteiger partial charge in [0.2, 0.25) is 5.91 Å². The zero-order chi connectivity index (χ0) is 17.8. The van der Waals surface area contributed by atoms with Crippen LogP contribution in [0.15, 0.2) is 0 Å². The minimum Gasteiger partial charge on any atom is -0.339 e. The number of piperidine rings is 2. The summed E-state index contributed by atoms with van der Waals surface area (Å²) in [6, 6.07) is 1.58. The monoisotopic (exact) mass is 362 g/mol. The second-order valence-electron chi connectivity index (χ2n) is 8.96. The predicted octanol–water partition coefficient (Wildman–Crippen LogP) is 2.02. The third-order valence-corrected chi connectivity index (χ3v) is 7.33. The Hall–Kier alpha value is -0.650. The van der Waals surface area contributed by atoms with Gasteiger partial charge in [-0.2, -0.15) is 0 Å². The van der Waals surface area contributed by atoms with Crippen LogP contribution < -0.4 is 0 Å². The van der Waals surface area contributed by atoms with Crippen molar-refractivity contribution in [3.8, 4) is 0 Å². The Balaban J connectivity index is 1.16. The van der Waals surface area contributed by atoms with Crippen LogP contribution in [0.4, 0.5) is 0 Å². The Labute approximate surface area is 159 Å². The number of hydrogen-bond donors (Lipinski definition) is 0. The van der Waals surface area contributed by atoms with E-state index in [0.29, 0.717) is 12.5 Å². The van der Waals surface area contributed by atoms with E-state index in [1.807, 2.05) is 0 Å². The van der Waals surface area contributed by atoms with Gasteiger partial charge >= 0.3 is 0 Å². The van der Waals surface area contributed by atoms with E-state index in [9.17, 15) is 4.79 Å². The zero-order valence-corrected chi connectivity index (χ0v) is 16.6. The number of amides is 1. The van der Waals surface area contributed by atoms with Crippen LogP contribution in [0, 0.1) is 0 Å². The number of piperazine rings is 1. The van der Waals surface area contributed by atoms with E-state index in [1.165, 1.54) is 70.9 Å². The number of carbonyl (C=O) groups is 1. The van der Waals surface area contributed by atoms with Crippen LogP contribution in [0.2, 0.25) is 0 Å². The number of nitrogens with zero attached hydrogens (tertiary/aromatic N) is 4.